The lowest BCUT2D eigenvalue weighted by Gasteiger charge is -2.20. The lowest BCUT2D eigenvalue weighted by molar-refractivity contribution is 0.284. The van der Waals surface area contributed by atoms with E-state index in [4.69, 9.17) is 0 Å². The molecule has 0 saturated heterocycles. The zero-order valence-corrected chi connectivity index (χ0v) is 14.4. The maximum Gasteiger partial charge on any atom is 0.0239 e. The second-order valence-electron chi connectivity index (χ2n) is 6.62. The van der Waals surface area contributed by atoms with Crippen molar-refractivity contribution in [2.45, 2.75) is 38.3 Å². The van der Waals surface area contributed by atoms with Gasteiger partial charge in [-0.15, -0.1) is 6.58 Å². The molecule has 0 heterocycles. The van der Waals surface area contributed by atoms with Gasteiger partial charge in [-0.2, -0.15) is 0 Å². The Balaban J connectivity index is 1.56. The molecule has 1 fully saturated rings. The van der Waals surface area contributed by atoms with Crippen LogP contribution in [0, 0.1) is 0 Å². The smallest absolute Gasteiger partial charge is 0.0239 e. The van der Waals surface area contributed by atoms with Gasteiger partial charge >= 0.3 is 0 Å². The molecule has 0 spiro atoms. The van der Waals surface area contributed by atoms with Crippen LogP contribution < -0.4 is 0 Å². The molecule has 24 heavy (non-hydrogen) atoms. The highest BCUT2D eigenvalue weighted by Gasteiger charge is 2.27. The van der Waals surface area contributed by atoms with Crippen LogP contribution in [-0.4, -0.2) is 17.5 Å². The first kappa shape index (κ1) is 16.7. The van der Waals surface area contributed by atoms with Gasteiger partial charge in [0.1, 0.15) is 0 Å². The second kappa shape index (κ2) is 8.65. The predicted octanol–water partition coefficient (Wildman–Crippen LogP) is 5.48. The molecule has 0 aromatic heterocycles. The highest BCUT2D eigenvalue weighted by atomic mass is 15.2. The maximum atomic E-state index is 3.80. The van der Waals surface area contributed by atoms with E-state index in [1.165, 1.54) is 29.5 Å². The lowest BCUT2D eigenvalue weighted by Crippen LogP contribution is -2.25. The molecule has 0 bridgehead atoms. The Kier molecular flexibility index (Phi) is 6.03. The third-order valence-electron chi connectivity index (χ3n) is 4.56. The molecule has 3 rings (SSSR count). The van der Waals surface area contributed by atoms with Crippen molar-refractivity contribution in [3.8, 4) is 0 Å². The van der Waals surface area contributed by atoms with E-state index < -0.39 is 0 Å². The normalized spacial score (nSPS) is 14.4. The molecule has 1 nitrogen and oxygen atoms in total. The van der Waals surface area contributed by atoms with Crippen LogP contribution in [0.15, 0.2) is 73.3 Å². The highest BCUT2D eigenvalue weighted by molar-refractivity contribution is 5.48. The van der Waals surface area contributed by atoms with Crippen molar-refractivity contribution in [3.05, 3.63) is 90.0 Å². The van der Waals surface area contributed by atoms with Crippen LogP contribution in [0.2, 0.25) is 0 Å². The first-order chi connectivity index (χ1) is 11.8. The van der Waals surface area contributed by atoms with Crippen molar-refractivity contribution in [1.82, 2.24) is 4.90 Å². The van der Waals surface area contributed by atoms with E-state index in [0.717, 1.165) is 32.0 Å². The van der Waals surface area contributed by atoms with Gasteiger partial charge in [-0.25, -0.2) is 0 Å². The number of hydrogen-bond donors (Lipinski definition) is 0. The zero-order valence-electron chi connectivity index (χ0n) is 14.4. The van der Waals surface area contributed by atoms with Gasteiger partial charge in [0.15, 0.2) is 0 Å². The SMILES string of the molecule is C=CCCc1ccc(CN(C/C=C/c2ccccc2)C2CC2)cc1. The van der Waals surface area contributed by atoms with E-state index in [2.05, 4.69) is 78.2 Å². The van der Waals surface area contributed by atoms with E-state index >= 15 is 0 Å². The van der Waals surface area contributed by atoms with Crippen LogP contribution in [0.5, 0.6) is 0 Å². The first-order valence-electron chi connectivity index (χ1n) is 8.99. The van der Waals surface area contributed by atoms with Crippen LogP contribution in [0.3, 0.4) is 0 Å². The summed E-state index contributed by atoms with van der Waals surface area (Å²) in [7, 11) is 0. The molecule has 0 atom stereocenters. The summed E-state index contributed by atoms with van der Waals surface area (Å²) in [5.41, 5.74) is 4.10. The molecule has 1 saturated carbocycles. The van der Waals surface area contributed by atoms with E-state index in [-0.39, 0.29) is 0 Å². The fraction of sp³-hybridized carbons (Fsp3) is 0.304. The number of benzene rings is 2. The van der Waals surface area contributed by atoms with Crippen LogP contribution >= 0.6 is 0 Å². The Morgan fingerprint density at radius 3 is 2.33 bits per heavy atom. The van der Waals surface area contributed by atoms with E-state index in [1.807, 2.05) is 6.08 Å². The monoisotopic (exact) mass is 317 g/mol. The van der Waals surface area contributed by atoms with Crippen LogP contribution in [0.25, 0.3) is 6.08 Å². The fourth-order valence-corrected chi connectivity index (χ4v) is 2.99. The van der Waals surface area contributed by atoms with E-state index in [9.17, 15) is 0 Å². The predicted molar refractivity (Wildman–Crippen MR) is 104 cm³/mol. The molecule has 2 aromatic carbocycles. The molecule has 0 unspecified atom stereocenters. The largest absolute Gasteiger partial charge is 0.292 e. The summed E-state index contributed by atoms with van der Waals surface area (Å²) in [6.45, 7) is 5.87. The van der Waals surface area contributed by atoms with Crippen molar-refractivity contribution in [3.63, 3.8) is 0 Å². The molecule has 0 N–H and O–H groups in total. The first-order valence-corrected chi connectivity index (χ1v) is 8.99. The van der Waals surface area contributed by atoms with Crippen molar-refractivity contribution >= 4 is 6.08 Å². The number of hydrogen-bond acceptors (Lipinski definition) is 1. The summed E-state index contributed by atoms with van der Waals surface area (Å²) < 4.78 is 0. The standard InChI is InChI=1S/C23H27N/c1-2-3-8-21-12-14-22(15-13-21)19-24(23-16-17-23)18-7-11-20-9-5-4-6-10-20/h2,4-7,9-15,23H,1,3,8,16-19H2/b11-7+. The van der Waals surface area contributed by atoms with Crippen LogP contribution in [0.1, 0.15) is 36.0 Å². The average molecular weight is 317 g/mol. The van der Waals surface area contributed by atoms with Gasteiger partial charge in [-0.1, -0.05) is 72.8 Å². The minimum atomic E-state index is 0.769. The minimum absolute atomic E-state index is 0.769. The molecule has 124 valence electrons. The van der Waals surface area contributed by atoms with Gasteiger partial charge in [0.2, 0.25) is 0 Å². The quantitative estimate of drug-likeness (QED) is 0.553. The van der Waals surface area contributed by atoms with Gasteiger partial charge < -0.3 is 0 Å². The molecule has 1 aliphatic rings. The Labute approximate surface area is 146 Å². The van der Waals surface area contributed by atoms with Crippen LogP contribution in [-0.2, 0) is 13.0 Å². The van der Waals surface area contributed by atoms with Gasteiger partial charge in [0.05, 0.1) is 0 Å². The molecule has 0 aliphatic heterocycles. The summed E-state index contributed by atoms with van der Waals surface area (Å²) in [5.74, 6) is 0. The molecule has 1 heteroatoms. The number of nitrogens with zero attached hydrogens (tertiary/aromatic N) is 1. The summed E-state index contributed by atoms with van der Waals surface area (Å²) in [4.78, 5) is 2.60. The molecule has 0 radical (unpaired) electrons. The fourth-order valence-electron chi connectivity index (χ4n) is 2.99. The number of allylic oxidation sites excluding steroid dienone is 1. The maximum absolute atomic E-state index is 3.80. The van der Waals surface area contributed by atoms with Crippen molar-refractivity contribution in [2.24, 2.45) is 0 Å². The van der Waals surface area contributed by atoms with Gasteiger partial charge in [-0.3, -0.25) is 4.90 Å². The molecular formula is C23H27N. The van der Waals surface area contributed by atoms with E-state index in [1.54, 1.807) is 0 Å². The Hall–Kier alpha value is -2.12. The van der Waals surface area contributed by atoms with Crippen molar-refractivity contribution in [2.75, 3.05) is 6.54 Å². The van der Waals surface area contributed by atoms with Gasteiger partial charge in [0, 0.05) is 19.1 Å². The second-order valence-corrected chi connectivity index (χ2v) is 6.62. The Morgan fingerprint density at radius 2 is 1.67 bits per heavy atom. The minimum Gasteiger partial charge on any atom is -0.292 e. The Bertz CT molecular complexity index is 650. The number of rotatable bonds is 9. The Morgan fingerprint density at radius 1 is 0.958 bits per heavy atom. The lowest BCUT2D eigenvalue weighted by atomic mass is 10.1. The topological polar surface area (TPSA) is 3.24 Å². The zero-order chi connectivity index (χ0) is 16.6. The third-order valence-corrected chi connectivity index (χ3v) is 4.56. The summed E-state index contributed by atoms with van der Waals surface area (Å²) in [6.07, 6.45) is 11.3. The van der Waals surface area contributed by atoms with Gasteiger partial charge in [-0.05, 0) is 42.4 Å². The van der Waals surface area contributed by atoms with E-state index in [0.29, 0.717) is 0 Å². The summed E-state index contributed by atoms with van der Waals surface area (Å²) >= 11 is 0. The van der Waals surface area contributed by atoms with Crippen molar-refractivity contribution in [1.29, 1.82) is 0 Å². The summed E-state index contributed by atoms with van der Waals surface area (Å²) in [6, 6.07) is 20.4. The molecule has 1 aliphatic carbocycles. The molecular weight excluding hydrogens is 290 g/mol. The average Bonchev–Trinajstić information content (AvgIpc) is 3.46. The molecule has 0 amide bonds. The summed E-state index contributed by atoms with van der Waals surface area (Å²) in [5, 5.41) is 0. The highest BCUT2D eigenvalue weighted by Crippen LogP contribution is 2.28. The van der Waals surface area contributed by atoms with Crippen LogP contribution in [0.4, 0.5) is 0 Å². The molecule has 2 aromatic rings. The number of aryl methyl sites for hydroxylation is 1. The van der Waals surface area contributed by atoms with Crippen molar-refractivity contribution < 1.29 is 0 Å². The van der Waals surface area contributed by atoms with Gasteiger partial charge in [0.25, 0.3) is 0 Å². The third kappa shape index (κ3) is 5.21.